The second kappa shape index (κ2) is 6.03. The normalized spacial score (nSPS) is 10.5. The van der Waals surface area contributed by atoms with Crippen molar-refractivity contribution >= 4 is 17.4 Å². The van der Waals surface area contributed by atoms with E-state index in [4.69, 9.17) is 11.6 Å². The molecule has 0 unspecified atom stereocenters. The number of hydrogen-bond acceptors (Lipinski definition) is 1. The summed E-state index contributed by atoms with van der Waals surface area (Å²) >= 11 is 6.13. The first kappa shape index (κ1) is 13.8. The summed E-state index contributed by atoms with van der Waals surface area (Å²) < 4.78 is 0. The van der Waals surface area contributed by atoms with Crippen molar-refractivity contribution in [2.45, 2.75) is 26.7 Å². The average Bonchev–Trinajstić information content (AvgIpc) is 2.39. The minimum absolute atomic E-state index is 0.0203. The van der Waals surface area contributed by atoms with Gasteiger partial charge in [0.05, 0.1) is 5.02 Å². The van der Waals surface area contributed by atoms with Crippen LogP contribution in [0, 0.1) is 6.92 Å². The molecule has 0 aliphatic carbocycles. The Hall–Kier alpha value is -1.60. The summed E-state index contributed by atoms with van der Waals surface area (Å²) in [6, 6.07) is 13.3. The number of aryl methyl sites for hydroxylation is 2. The Balaban J connectivity index is 2.28. The second-order valence-electron chi connectivity index (χ2n) is 4.76. The summed E-state index contributed by atoms with van der Waals surface area (Å²) in [5, 5.41) is 0.516. The highest BCUT2D eigenvalue weighted by atomic mass is 35.5. The monoisotopic (exact) mass is 272 g/mol. The molecule has 98 valence electrons. The number of carbonyl (C=O) groups is 1. The van der Waals surface area contributed by atoms with Gasteiger partial charge < -0.3 is 0 Å². The maximum Gasteiger partial charge on any atom is 0.194 e. The molecule has 0 heterocycles. The second-order valence-corrected chi connectivity index (χ2v) is 5.17. The lowest BCUT2D eigenvalue weighted by Gasteiger charge is -2.06. The highest BCUT2D eigenvalue weighted by Gasteiger charge is 2.12. The third-order valence-corrected chi connectivity index (χ3v) is 3.44. The van der Waals surface area contributed by atoms with E-state index in [-0.39, 0.29) is 5.78 Å². The quantitative estimate of drug-likeness (QED) is 0.729. The van der Waals surface area contributed by atoms with Crippen molar-refractivity contribution in [2.75, 3.05) is 0 Å². The summed E-state index contributed by atoms with van der Waals surface area (Å²) in [6.07, 6.45) is 2.15. The number of rotatable bonds is 4. The van der Waals surface area contributed by atoms with Gasteiger partial charge in [-0.15, -0.1) is 0 Å². The molecule has 19 heavy (non-hydrogen) atoms. The Bertz CT molecular complexity index is 585. The highest BCUT2D eigenvalue weighted by molar-refractivity contribution is 6.35. The molecular formula is C17H17ClO. The highest BCUT2D eigenvalue weighted by Crippen LogP contribution is 2.21. The molecule has 0 atom stereocenters. The number of halogens is 1. The van der Waals surface area contributed by atoms with Crippen molar-refractivity contribution in [1.29, 1.82) is 0 Å². The summed E-state index contributed by atoms with van der Waals surface area (Å²) in [4.78, 5) is 12.4. The van der Waals surface area contributed by atoms with Crippen LogP contribution in [0.3, 0.4) is 0 Å². The van der Waals surface area contributed by atoms with E-state index in [2.05, 4.69) is 6.92 Å². The molecule has 2 aromatic rings. The molecule has 1 nitrogen and oxygen atoms in total. The van der Waals surface area contributed by atoms with Crippen LogP contribution in [0.4, 0.5) is 0 Å². The summed E-state index contributed by atoms with van der Waals surface area (Å²) in [5.41, 5.74) is 3.56. The van der Waals surface area contributed by atoms with Crippen molar-refractivity contribution in [3.05, 3.63) is 69.7 Å². The van der Waals surface area contributed by atoms with E-state index in [0.717, 1.165) is 18.4 Å². The van der Waals surface area contributed by atoms with Crippen LogP contribution in [0.2, 0.25) is 5.02 Å². The molecule has 0 spiro atoms. The Morgan fingerprint density at radius 3 is 2.37 bits per heavy atom. The van der Waals surface area contributed by atoms with Gasteiger partial charge in [0.15, 0.2) is 5.78 Å². The first-order valence-corrected chi connectivity index (χ1v) is 6.89. The minimum Gasteiger partial charge on any atom is -0.289 e. The zero-order chi connectivity index (χ0) is 13.8. The first-order valence-electron chi connectivity index (χ1n) is 6.51. The van der Waals surface area contributed by atoms with Crippen LogP contribution < -0.4 is 0 Å². The van der Waals surface area contributed by atoms with Crippen molar-refractivity contribution in [3.63, 3.8) is 0 Å². The number of ketones is 1. The molecule has 2 rings (SSSR count). The van der Waals surface area contributed by atoms with E-state index in [1.54, 1.807) is 6.07 Å². The Kier molecular flexibility index (Phi) is 4.39. The smallest absolute Gasteiger partial charge is 0.194 e. The van der Waals surface area contributed by atoms with Crippen LogP contribution in [0.1, 0.15) is 40.4 Å². The molecular weight excluding hydrogens is 256 g/mol. The summed E-state index contributed by atoms with van der Waals surface area (Å²) in [5.74, 6) is -0.0203. The fourth-order valence-electron chi connectivity index (χ4n) is 2.07. The van der Waals surface area contributed by atoms with Gasteiger partial charge in [-0.05, 0) is 36.6 Å². The molecule has 0 N–H and O–H groups in total. The van der Waals surface area contributed by atoms with Crippen LogP contribution in [-0.2, 0) is 6.42 Å². The van der Waals surface area contributed by atoms with Crippen LogP contribution in [0.25, 0.3) is 0 Å². The SMILES string of the molecule is CCCc1ccc(C(=O)c2ccc(C)cc2Cl)cc1. The van der Waals surface area contributed by atoms with Gasteiger partial charge in [0.2, 0.25) is 0 Å². The Morgan fingerprint density at radius 2 is 1.79 bits per heavy atom. The van der Waals surface area contributed by atoms with E-state index < -0.39 is 0 Å². The molecule has 0 saturated carbocycles. The molecule has 2 heteroatoms. The third-order valence-electron chi connectivity index (χ3n) is 3.12. The predicted octanol–water partition coefficient (Wildman–Crippen LogP) is 4.83. The third kappa shape index (κ3) is 3.24. The summed E-state index contributed by atoms with van der Waals surface area (Å²) in [7, 11) is 0. The van der Waals surface area contributed by atoms with E-state index in [0.29, 0.717) is 16.1 Å². The number of hydrogen-bond donors (Lipinski definition) is 0. The van der Waals surface area contributed by atoms with Gasteiger partial charge in [0.1, 0.15) is 0 Å². The Morgan fingerprint density at radius 1 is 1.11 bits per heavy atom. The van der Waals surface area contributed by atoms with Gasteiger partial charge >= 0.3 is 0 Å². The van der Waals surface area contributed by atoms with Crippen LogP contribution in [0.15, 0.2) is 42.5 Å². The van der Waals surface area contributed by atoms with Gasteiger partial charge in [-0.2, -0.15) is 0 Å². The predicted molar refractivity (Wildman–Crippen MR) is 80.1 cm³/mol. The molecule has 0 bridgehead atoms. The Labute approximate surface area is 119 Å². The van der Waals surface area contributed by atoms with E-state index >= 15 is 0 Å². The number of carbonyl (C=O) groups excluding carboxylic acids is 1. The average molecular weight is 273 g/mol. The molecule has 0 saturated heterocycles. The van der Waals surface area contributed by atoms with Gasteiger partial charge in [-0.1, -0.05) is 55.3 Å². The minimum atomic E-state index is -0.0203. The van der Waals surface area contributed by atoms with Crippen LogP contribution in [-0.4, -0.2) is 5.78 Å². The zero-order valence-electron chi connectivity index (χ0n) is 11.2. The molecule has 0 aromatic heterocycles. The van der Waals surface area contributed by atoms with E-state index in [1.165, 1.54) is 5.56 Å². The lowest BCUT2D eigenvalue weighted by Crippen LogP contribution is -2.02. The van der Waals surface area contributed by atoms with Gasteiger partial charge in [-0.3, -0.25) is 4.79 Å². The van der Waals surface area contributed by atoms with Crippen molar-refractivity contribution in [3.8, 4) is 0 Å². The van der Waals surface area contributed by atoms with Crippen LogP contribution >= 0.6 is 11.6 Å². The summed E-state index contributed by atoms with van der Waals surface area (Å²) in [6.45, 7) is 4.10. The molecule has 0 amide bonds. The van der Waals surface area contributed by atoms with Crippen molar-refractivity contribution in [1.82, 2.24) is 0 Å². The largest absolute Gasteiger partial charge is 0.289 e. The maximum atomic E-state index is 12.4. The molecule has 0 fully saturated rings. The van der Waals surface area contributed by atoms with Gasteiger partial charge in [-0.25, -0.2) is 0 Å². The first-order chi connectivity index (χ1) is 9.11. The van der Waals surface area contributed by atoms with Crippen LogP contribution in [0.5, 0.6) is 0 Å². The van der Waals surface area contributed by atoms with Gasteiger partial charge in [0, 0.05) is 11.1 Å². The standard InChI is InChI=1S/C17H17ClO/c1-3-4-13-6-8-14(9-7-13)17(19)15-10-5-12(2)11-16(15)18/h5-11H,3-4H2,1-2H3. The topological polar surface area (TPSA) is 17.1 Å². The maximum absolute atomic E-state index is 12.4. The lowest BCUT2D eigenvalue weighted by atomic mass is 10.00. The molecule has 0 aliphatic heterocycles. The van der Waals surface area contributed by atoms with E-state index in [9.17, 15) is 4.79 Å². The van der Waals surface area contributed by atoms with E-state index in [1.807, 2.05) is 43.3 Å². The van der Waals surface area contributed by atoms with Crippen molar-refractivity contribution < 1.29 is 4.79 Å². The zero-order valence-corrected chi connectivity index (χ0v) is 12.0. The fourth-order valence-corrected chi connectivity index (χ4v) is 2.39. The molecule has 0 aliphatic rings. The van der Waals surface area contributed by atoms with Gasteiger partial charge in [0.25, 0.3) is 0 Å². The van der Waals surface area contributed by atoms with Crippen molar-refractivity contribution in [2.24, 2.45) is 0 Å². The fraction of sp³-hybridized carbons (Fsp3) is 0.235. The lowest BCUT2D eigenvalue weighted by molar-refractivity contribution is 0.103. The molecule has 2 aromatic carbocycles. The molecule has 0 radical (unpaired) electrons. The number of benzene rings is 2.